The van der Waals surface area contributed by atoms with Crippen LogP contribution in [0.3, 0.4) is 0 Å². The third kappa shape index (κ3) is 5.94. The number of rotatable bonds is 9. The van der Waals surface area contributed by atoms with Crippen molar-refractivity contribution in [3.05, 3.63) is 69.2 Å². The molecule has 0 bridgehead atoms. The SMILES string of the molecule is C=CCn1c(SCC(=O)Nc2sc3c(c2C(=O)OC)CCCCCC3)nnc1-c1csc(C)c1-c1ccccc1. The second-order valence-electron chi connectivity index (χ2n) is 9.60. The zero-order chi connectivity index (χ0) is 28.1. The minimum Gasteiger partial charge on any atom is -0.465 e. The lowest BCUT2D eigenvalue weighted by atomic mass is 9.96. The number of esters is 1. The second-order valence-corrected chi connectivity index (χ2v) is 12.7. The third-order valence-corrected chi connectivity index (χ3v) is 10.0. The van der Waals surface area contributed by atoms with Gasteiger partial charge in [-0.05, 0) is 43.7 Å². The Balaban J connectivity index is 1.37. The summed E-state index contributed by atoms with van der Waals surface area (Å²) in [4.78, 5) is 28.2. The number of ether oxygens (including phenoxy) is 1. The number of methoxy groups -OCH3 is 1. The van der Waals surface area contributed by atoms with Crippen molar-refractivity contribution >= 4 is 51.3 Å². The number of anilines is 1. The van der Waals surface area contributed by atoms with Crippen molar-refractivity contribution < 1.29 is 14.3 Å². The van der Waals surface area contributed by atoms with Crippen molar-refractivity contribution in [2.45, 2.75) is 57.1 Å². The Labute approximate surface area is 246 Å². The van der Waals surface area contributed by atoms with E-state index in [-0.39, 0.29) is 11.7 Å². The van der Waals surface area contributed by atoms with E-state index < -0.39 is 5.97 Å². The van der Waals surface area contributed by atoms with Gasteiger partial charge in [0, 0.05) is 32.8 Å². The average molecular weight is 593 g/mol. The molecule has 0 spiro atoms. The quantitative estimate of drug-likeness (QED) is 0.124. The van der Waals surface area contributed by atoms with E-state index in [9.17, 15) is 9.59 Å². The number of aryl methyl sites for hydroxylation is 2. The highest BCUT2D eigenvalue weighted by Crippen LogP contribution is 2.40. The lowest BCUT2D eigenvalue weighted by Gasteiger charge is -2.11. The van der Waals surface area contributed by atoms with Gasteiger partial charge in [0.05, 0.1) is 18.4 Å². The number of carbonyl (C=O) groups is 2. The molecule has 7 nitrogen and oxygen atoms in total. The molecular formula is C30H32N4O3S3. The van der Waals surface area contributed by atoms with Gasteiger partial charge in [0.2, 0.25) is 5.91 Å². The molecule has 1 aromatic carbocycles. The topological polar surface area (TPSA) is 86.1 Å². The standard InChI is InChI=1S/C30H32N4O3S3/c1-4-16-34-27(22-17-38-19(2)25(22)20-12-8-7-9-13-20)32-33-30(34)39-18-24(35)31-28-26(29(36)37-3)21-14-10-5-6-11-15-23(21)40-28/h4,7-9,12-13,17H,1,5-6,10-11,14-16,18H2,2-3H3,(H,31,35). The number of benzene rings is 1. The van der Waals surface area contributed by atoms with Gasteiger partial charge in [-0.2, -0.15) is 0 Å². The Bertz CT molecular complexity index is 1520. The molecule has 1 amide bonds. The molecule has 40 heavy (non-hydrogen) atoms. The molecule has 3 aromatic heterocycles. The number of carbonyl (C=O) groups excluding carboxylic acids is 2. The van der Waals surface area contributed by atoms with Gasteiger partial charge < -0.3 is 10.1 Å². The maximum Gasteiger partial charge on any atom is 0.341 e. The molecule has 5 rings (SSSR count). The third-order valence-electron chi connectivity index (χ3n) is 6.95. The predicted molar refractivity (Wildman–Crippen MR) is 165 cm³/mol. The highest BCUT2D eigenvalue weighted by molar-refractivity contribution is 7.99. The van der Waals surface area contributed by atoms with Crippen LogP contribution in [0, 0.1) is 6.92 Å². The molecule has 10 heteroatoms. The van der Waals surface area contributed by atoms with Gasteiger partial charge in [-0.1, -0.05) is 61.0 Å². The molecule has 0 saturated carbocycles. The summed E-state index contributed by atoms with van der Waals surface area (Å²) >= 11 is 4.51. The Kier molecular flexibility index (Phi) is 9.18. The number of aromatic nitrogens is 3. The van der Waals surface area contributed by atoms with Crippen LogP contribution in [0.15, 0.2) is 53.5 Å². The Morgan fingerprint density at radius 1 is 1.15 bits per heavy atom. The normalized spacial score (nSPS) is 13.2. The summed E-state index contributed by atoms with van der Waals surface area (Å²) in [6, 6.07) is 10.3. The maximum atomic E-state index is 13.1. The summed E-state index contributed by atoms with van der Waals surface area (Å²) in [5.41, 5.74) is 4.83. The van der Waals surface area contributed by atoms with E-state index in [0.29, 0.717) is 22.3 Å². The Morgan fingerprint density at radius 2 is 1.93 bits per heavy atom. The first-order valence-electron chi connectivity index (χ1n) is 13.3. The fraction of sp³-hybridized carbons (Fsp3) is 0.333. The van der Waals surface area contributed by atoms with E-state index in [1.54, 1.807) is 11.3 Å². The number of nitrogens with one attached hydrogen (secondary N) is 1. The molecular weight excluding hydrogens is 561 g/mol. The zero-order valence-corrected chi connectivity index (χ0v) is 25.1. The molecule has 1 aliphatic carbocycles. The van der Waals surface area contributed by atoms with Gasteiger partial charge in [0.1, 0.15) is 5.00 Å². The largest absolute Gasteiger partial charge is 0.465 e. The molecule has 0 aliphatic heterocycles. The van der Waals surface area contributed by atoms with E-state index >= 15 is 0 Å². The van der Waals surface area contributed by atoms with Crippen LogP contribution in [0.25, 0.3) is 22.5 Å². The zero-order valence-electron chi connectivity index (χ0n) is 22.7. The summed E-state index contributed by atoms with van der Waals surface area (Å²) < 4.78 is 7.09. The predicted octanol–water partition coefficient (Wildman–Crippen LogP) is 7.41. The lowest BCUT2D eigenvalue weighted by Crippen LogP contribution is -2.17. The van der Waals surface area contributed by atoms with Crippen molar-refractivity contribution in [3.8, 4) is 22.5 Å². The minimum atomic E-state index is -0.392. The van der Waals surface area contributed by atoms with Gasteiger partial charge in [-0.15, -0.1) is 39.4 Å². The van der Waals surface area contributed by atoms with Crippen molar-refractivity contribution in [2.24, 2.45) is 0 Å². The van der Waals surface area contributed by atoms with Crippen molar-refractivity contribution in [1.29, 1.82) is 0 Å². The summed E-state index contributed by atoms with van der Waals surface area (Å²) in [5.74, 6) is 0.288. The van der Waals surface area contributed by atoms with Crippen LogP contribution in [0.5, 0.6) is 0 Å². The lowest BCUT2D eigenvalue weighted by molar-refractivity contribution is -0.113. The molecule has 0 fully saturated rings. The van der Waals surface area contributed by atoms with Crippen LogP contribution in [0.4, 0.5) is 5.00 Å². The minimum absolute atomic E-state index is 0.132. The smallest absolute Gasteiger partial charge is 0.341 e. The van der Waals surface area contributed by atoms with Gasteiger partial charge in [0.15, 0.2) is 11.0 Å². The number of hydrogen-bond donors (Lipinski definition) is 1. The molecule has 1 N–H and O–H groups in total. The van der Waals surface area contributed by atoms with E-state index in [2.05, 4.69) is 46.5 Å². The van der Waals surface area contributed by atoms with Crippen LogP contribution < -0.4 is 5.32 Å². The van der Waals surface area contributed by atoms with E-state index in [4.69, 9.17) is 4.74 Å². The highest BCUT2D eigenvalue weighted by Gasteiger charge is 2.26. The first-order valence-corrected chi connectivity index (χ1v) is 16.0. The van der Waals surface area contributed by atoms with Crippen molar-refractivity contribution in [2.75, 3.05) is 18.2 Å². The fourth-order valence-electron chi connectivity index (χ4n) is 5.09. The van der Waals surface area contributed by atoms with Gasteiger partial charge in [0.25, 0.3) is 0 Å². The number of hydrogen-bond acceptors (Lipinski definition) is 8. The molecule has 0 unspecified atom stereocenters. The molecule has 3 heterocycles. The van der Waals surface area contributed by atoms with Crippen LogP contribution in [-0.2, 0) is 28.9 Å². The van der Waals surface area contributed by atoms with Gasteiger partial charge in [-0.3, -0.25) is 9.36 Å². The summed E-state index contributed by atoms with van der Waals surface area (Å²) in [6.45, 7) is 6.55. The van der Waals surface area contributed by atoms with Crippen LogP contribution >= 0.6 is 34.4 Å². The monoisotopic (exact) mass is 592 g/mol. The van der Waals surface area contributed by atoms with E-state index in [1.165, 1.54) is 46.4 Å². The number of fused-ring (bicyclic) bond motifs is 1. The van der Waals surface area contributed by atoms with Crippen molar-refractivity contribution in [1.82, 2.24) is 14.8 Å². The van der Waals surface area contributed by atoms with Gasteiger partial charge >= 0.3 is 5.97 Å². The van der Waals surface area contributed by atoms with E-state index in [0.717, 1.165) is 60.2 Å². The first kappa shape index (κ1) is 28.3. The van der Waals surface area contributed by atoms with Crippen LogP contribution in [-0.4, -0.2) is 39.5 Å². The van der Waals surface area contributed by atoms with Crippen LogP contribution in [0.2, 0.25) is 0 Å². The molecule has 4 aromatic rings. The van der Waals surface area contributed by atoms with E-state index in [1.807, 2.05) is 28.8 Å². The number of thiophene rings is 2. The molecule has 0 radical (unpaired) electrons. The average Bonchev–Trinajstić information content (AvgIpc) is 3.62. The summed E-state index contributed by atoms with van der Waals surface area (Å²) in [5, 5.41) is 15.3. The van der Waals surface area contributed by atoms with Crippen molar-refractivity contribution in [3.63, 3.8) is 0 Å². The first-order chi connectivity index (χ1) is 19.5. The Morgan fingerprint density at radius 3 is 2.67 bits per heavy atom. The summed E-state index contributed by atoms with van der Waals surface area (Å²) in [7, 11) is 1.39. The molecule has 208 valence electrons. The molecule has 0 saturated heterocycles. The van der Waals surface area contributed by atoms with Crippen LogP contribution in [0.1, 0.15) is 51.4 Å². The highest BCUT2D eigenvalue weighted by atomic mass is 32.2. The second kappa shape index (κ2) is 13.0. The number of allylic oxidation sites excluding steroid dienone is 1. The number of thioether (sulfide) groups is 1. The molecule has 0 atom stereocenters. The maximum absolute atomic E-state index is 13.1. The molecule has 1 aliphatic rings. The van der Waals surface area contributed by atoms with Gasteiger partial charge in [-0.25, -0.2) is 4.79 Å². The summed E-state index contributed by atoms with van der Waals surface area (Å²) in [6.07, 6.45) is 8.04. The Hall–Kier alpha value is -3.21. The number of nitrogens with zero attached hydrogens (tertiary/aromatic N) is 3. The fourth-order valence-corrected chi connectivity index (χ4v) is 7.99. The number of amides is 1.